The SMILES string of the molecule is N=C(N)c1ccc(O)c(CCCc2ccccc2N)c1. The van der Waals surface area contributed by atoms with Gasteiger partial charge in [-0.25, -0.2) is 0 Å². The molecule has 2 aromatic rings. The standard InChI is InChI=1S/C16H19N3O/c17-14-7-2-1-4-11(14)5-3-6-12-10-13(16(18)19)8-9-15(12)20/h1-2,4,7-10,20H,3,5-6,17H2,(H3,18,19). The number of nitrogen functional groups attached to an aromatic ring is 2. The monoisotopic (exact) mass is 269 g/mol. The van der Waals surface area contributed by atoms with Crippen molar-refractivity contribution in [1.82, 2.24) is 0 Å². The van der Waals surface area contributed by atoms with E-state index in [-0.39, 0.29) is 11.6 Å². The van der Waals surface area contributed by atoms with Crippen LogP contribution in [0.15, 0.2) is 42.5 Å². The quantitative estimate of drug-likeness (QED) is 0.381. The average molecular weight is 269 g/mol. The summed E-state index contributed by atoms with van der Waals surface area (Å²) in [4.78, 5) is 0. The second kappa shape index (κ2) is 6.10. The van der Waals surface area contributed by atoms with Crippen LogP contribution < -0.4 is 11.5 Å². The summed E-state index contributed by atoms with van der Waals surface area (Å²) in [6, 6.07) is 12.8. The molecule has 0 aliphatic carbocycles. The highest BCUT2D eigenvalue weighted by atomic mass is 16.3. The van der Waals surface area contributed by atoms with Crippen LogP contribution in [0.3, 0.4) is 0 Å². The van der Waals surface area contributed by atoms with Crippen molar-refractivity contribution in [2.24, 2.45) is 5.73 Å². The number of hydrogen-bond acceptors (Lipinski definition) is 3. The lowest BCUT2D eigenvalue weighted by atomic mass is 10.0. The summed E-state index contributed by atoms with van der Waals surface area (Å²) < 4.78 is 0. The molecule has 0 radical (unpaired) electrons. The van der Waals surface area contributed by atoms with Crippen LogP contribution in [0.5, 0.6) is 5.75 Å². The zero-order chi connectivity index (χ0) is 14.5. The van der Waals surface area contributed by atoms with Gasteiger partial charge in [0.2, 0.25) is 0 Å². The molecule has 6 N–H and O–H groups in total. The van der Waals surface area contributed by atoms with Gasteiger partial charge < -0.3 is 16.6 Å². The molecule has 0 spiro atoms. The summed E-state index contributed by atoms with van der Waals surface area (Å²) in [7, 11) is 0. The van der Waals surface area contributed by atoms with Crippen LogP contribution >= 0.6 is 0 Å². The first-order valence-electron chi connectivity index (χ1n) is 6.57. The first-order valence-corrected chi connectivity index (χ1v) is 6.57. The predicted molar refractivity (Wildman–Crippen MR) is 82.0 cm³/mol. The first kappa shape index (κ1) is 13.9. The van der Waals surface area contributed by atoms with Crippen LogP contribution in [0.1, 0.15) is 23.1 Å². The van der Waals surface area contributed by atoms with E-state index in [0.29, 0.717) is 5.56 Å². The van der Waals surface area contributed by atoms with E-state index in [1.54, 1.807) is 18.2 Å². The van der Waals surface area contributed by atoms with Gasteiger partial charge in [0.25, 0.3) is 0 Å². The molecule has 104 valence electrons. The number of rotatable bonds is 5. The van der Waals surface area contributed by atoms with Gasteiger partial charge in [0.15, 0.2) is 0 Å². The van der Waals surface area contributed by atoms with Crippen molar-refractivity contribution in [2.75, 3.05) is 5.73 Å². The van der Waals surface area contributed by atoms with E-state index in [1.165, 1.54) is 0 Å². The highest BCUT2D eigenvalue weighted by molar-refractivity contribution is 5.95. The van der Waals surface area contributed by atoms with Gasteiger partial charge in [-0.3, -0.25) is 5.41 Å². The molecular formula is C16H19N3O. The number of nitrogens with two attached hydrogens (primary N) is 2. The minimum atomic E-state index is 0.0125. The average Bonchev–Trinajstić information content (AvgIpc) is 2.42. The molecule has 0 unspecified atom stereocenters. The molecule has 0 saturated carbocycles. The van der Waals surface area contributed by atoms with Gasteiger partial charge in [-0.2, -0.15) is 0 Å². The van der Waals surface area contributed by atoms with Gasteiger partial charge in [0.1, 0.15) is 11.6 Å². The van der Waals surface area contributed by atoms with Crippen molar-refractivity contribution in [3.8, 4) is 5.75 Å². The Balaban J connectivity index is 2.02. The molecule has 0 atom stereocenters. The number of aromatic hydroxyl groups is 1. The van der Waals surface area contributed by atoms with E-state index in [1.807, 2.05) is 24.3 Å². The number of anilines is 1. The second-order valence-electron chi connectivity index (χ2n) is 4.81. The van der Waals surface area contributed by atoms with Crippen molar-refractivity contribution in [1.29, 1.82) is 5.41 Å². The van der Waals surface area contributed by atoms with Gasteiger partial charge in [0.05, 0.1) is 0 Å². The molecule has 4 heteroatoms. The number of hydrogen-bond donors (Lipinski definition) is 4. The van der Waals surface area contributed by atoms with Gasteiger partial charge in [0, 0.05) is 11.3 Å². The highest BCUT2D eigenvalue weighted by Crippen LogP contribution is 2.21. The molecule has 0 heterocycles. The molecule has 0 fully saturated rings. The molecule has 4 nitrogen and oxygen atoms in total. The molecule has 0 aliphatic heterocycles. The van der Waals surface area contributed by atoms with Crippen LogP contribution in [0.2, 0.25) is 0 Å². The molecule has 2 rings (SSSR count). The Bertz CT molecular complexity index is 623. The van der Waals surface area contributed by atoms with Crippen LogP contribution in [-0.4, -0.2) is 10.9 Å². The molecule has 0 aliphatic rings. The zero-order valence-electron chi connectivity index (χ0n) is 11.3. The topological polar surface area (TPSA) is 96.1 Å². The summed E-state index contributed by atoms with van der Waals surface area (Å²) in [5, 5.41) is 17.3. The Labute approximate surface area is 118 Å². The fourth-order valence-corrected chi connectivity index (χ4v) is 2.18. The third kappa shape index (κ3) is 3.29. The van der Waals surface area contributed by atoms with Crippen molar-refractivity contribution >= 4 is 11.5 Å². The van der Waals surface area contributed by atoms with Crippen molar-refractivity contribution in [3.63, 3.8) is 0 Å². The molecule has 0 aromatic heterocycles. The molecular weight excluding hydrogens is 250 g/mol. The second-order valence-corrected chi connectivity index (χ2v) is 4.81. The van der Waals surface area contributed by atoms with E-state index >= 15 is 0 Å². The van der Waals surface area contributed by atoms with Gasteiger partial charge in [-0.15, -0.1) is 0 Å². The number of amidine groups is 1. The first-order chi connectivity index (χ1) is 9.58. The van der Waals surface area contributed by atoms with Gasteiger partial charge >= 0.3 is 0 Å². The molecule has 0 saturated heterocycles. The smallest absolute Gasteiger partial charge is 0.122 e. The summed E-state index contributed by atoms with van der Waals surface area (Å²) >= 11 is 0. The number of nitrogens with one attached hydrogen (secondary N) is 1. The maximum Gasteiger partial charge on any atom is 0.122 e. The lowest BCUT2D eigenvalue weighted by Gasteiger charge is -2.08. The van der Waals surface area contributed by atoms with Crippen molar-refractivity contribution in [2.45, 2.75) is 19.3 Å². The predicted octanol–water partition coefficient (Wildman–Crippen LogP) is 2.43. The van der Waals surface area contributed by atoms with Crippen LogP contribution in [0.25, 0.3) is 0 Å². The highest BCUT2D eigenvalue weighted by Gasteiger charge is 2.05. The van der Waals surface area contributed by atoms with Gasteiger partial charge in [-0.05, 0) is 54.7 Å². The minimum absolute atomic E-state index is 0.0125. The zero-order valence-corrected chi connectivity index (χ0v) is 11.3. The number of benzene rings is 2. The van der Waals surface area contributed by atoms with Crippen LogP contribution in [0.4, 0.5) is 5.69 Å². The Morgan fingerprint density at radius 3 is 2.45 bits per heavy atom. The summed E-state index contributed by atoms with van der Waals surface area (Å²) in [5.74, 6) is 0.259. The number of aryl methyl sites for hydroxylation is 2. The molecule has 0 amide bonds. The molecule has 2 aromatic carbocycles. The third-order valence-electron chi connectivity index (χ3n) is 3.34. The van der Waals surface area contributed by atoms with Crippen LogP contribution in [0, 0.1) is 5.41 Å². The number of para-hydroxylation sites is 1. The lowest BCUT2D eigenvalue weighted by Crippen LogP contribution is -2.11. The summed E-state index contributed by atoms with van der Waals surface area (Å²) in [5.41, 5.74) is 14.7. The largest absolute Gasteiger partial charge is 0.508 e. The number of phenolic OH excluding ortho intramolecular Hbond substituents is 1. The molecule has 20 heavy (non-hydrogen) atoms. The third-order valence-corrected chi connectivity index (χ3v) is 3.34. The maximum absolute atomic E-state index is 9.83. The van der Waals surface area contributed by atoms with E-state index < -0.39 is 0 Å². The summed E-state index contributed by atoms with van der Waals surface area (Å²) in [6.45, 7) is 0. The van der Waals surface area contributed by atoms with Crippen molar-refractivity contribution in [3.05, 3.63) is 59.2 Å². The van der Waals surface area contributed by atoms with E-state index in [4.69, 9.17) is 16.9 Å². The Morgan fingerprint density at radius 2 is 1.75 bits per heavy atom. The minimum Gasteiger partial charge on any atom is -0.508 e. The Hall–Kier alpha value is -2.49. The van der Waals surface area contributed by atoms with Crippen molar-refractivity contribution < 1.29 is 5.11 Å². The fraction of sp³-hybridized carbons (Fsp3) is 0.188. The lowest BCUT2D eigenvalue weighted by molar-refractivity contribution is 0.467. The maximum atomic E-state index is 9.83. The summed E-state index contributed by atoms with van der Waals surface area (Å²) in [6.07, 6.45) is 2.46. The van der Waals surface area contributed by atoms with Crippen LogP contribution in [-0.2, 0) is 12.8 Å². The van der Waals surface area contributed by atoms with E-state index in [9.17, 15) is 5.11 Å². The number of phenols is 1. The normalized spacial score (nSPS) is 10.4. The molecule has 0 bridgehead atoms. The van der Waals surface area contributed by atoms with Gasteiger partial charge in [-0.1, -0.05) is 18.2 Å². The Morgan fingerprint density at radius 1 is 1.05 bits per heavy atom. The Kier molecular flexibility index (Phi) is 4.25. The van der Waals surface area contributed by atoms with E-state index in [2.05, 4.69) is 0 Å². The fourth-order valence-electron chi connectivity index (χ4n) is 2.18. The van der Waals surface area contributed by atoms with E-state index in [0.717, 1.165) is 36.1 Å².